The molecule has 3 rings (SSSR count). The number of carbonyl (C=O) groups excluding carboxylic acids is 1. The number of nitrogens with one attached hydrogen (secondary N) is 1. The standard InChI is InChI=1S/C13H22N2O.ClH/c1-7(5-14)6-15-13(16)12-10-8-2-3-9(4-8)11(10)12;/h7-12H,2-6,14H2,1H3,(H,15,16);1H. The maximum atomic E-state index is 12.0. The quantitative estimate of drug-likeness (QED) is 0.801. The fourth-order valence-corrected chi connectivity index (χ4v) is 4.15. The molecule has 3 aliphatic carbocycles. The predicted molar refractivity (Wildman–Crippen MR) is 69.8 cm³/mol. The summed E-state index contributed by atoms with van der Waals surface area (Å²) in [5.74, 6) is 4.37. The van der Waals surface area contributed by atoms with E-state index in [9.17, 15) is 4.79 Å². The highest BCUT2D eigenvalue weighted by Gasteiger charge is 2.67. The molecule has 1 amide bonds. The third-order valence-electron chi connectivity index (χ3n) is 5.07. The zero-order chi connectivity index (χ0) is 11.3. The smallest absolute Gasteiger partial charge is 0.223 e. The van der Waals surface area contributed by atoms with Crippen molar-refractivity contribution < 1.29 is 4.79 Å². The lowest BCUT2D eigenvalue weighted by Gasteiger charge is -2.12. The van der Waals surface area contributed by atoms with Crippen LogP contribution < -0.4 is 11.1 Å². The van der Waals surface area contributed by atoms with E-state index in [1.165, 1.54) is 19.3 Å². The zero-order valence-corrected chi connectivity index (χ0v) is 11.2. The molecule has 4 heteroatoms. The molecule has 0 aromatic rings. The Hall–Kier alpha value is -0.280. The molecule has 0 radical (unpaired) electrons. The van der Waals surface area contributed by atoms with E-state index in [1.807, 2.05) is 0 Å². The first-order chi connectivity index (χ1) is 7.72. The van der Waals surface area contributed by atoms with Gasteiger partial charge < -0.3 is 11.1 Å². The lowest BCUT2D eigenvalue weighted by Crippen LogP contribution is -2.33. The van der Waals surface area contributed by atoms with Gasteiger partial charge in [-0.2, -0.15) is 0 Å². The molecular weight excluding hydrogens is 236 g/mol. The van der Waals surface area contributed by atoms with Gasteiger partial charge in [-0.05, 0) is 55.4 Å². The van der Waals surface area contributed by atoms with Crippen molar-refractivity contribution in [1.82, 2.24) is 5.32 Å². The molecule has 0 aliphatic heterocycles. The molecule has 2 bridgehead atoms. The molecule has 3 aliphatic rings. The van der Waals surface area contributed by atoms with E-state index in [0.717, 1.165) is 30.2 Å². The van der Waals surface area contributed by atoms with Crippen LogP contribution in [0.4, 0.5) is 0 Å². The molecule has 5 unspecified atom stereocenters. The van der Waals surface area contributed by atoms with E-state index in [1.54, 1.807) is 0 Å². The Labute approximate surface area is 109 Å². The minimum Gasteiger partial charge on any atom is -0.356 e. The van der Waals surface area contributed by atoms with E-state index in [-0.39, 0.29) is 12.4 Å². The summed E-state index contributed by atoms with van der Waals surface area (Å²) >= 11 is 0. The van der Waals surface area contributed by atoms with Crippen LogP contribution in [0.3, 0.4) is 0 Å². The highest BCUT2D eigenvalue weighted by Crippen LogP contribution is 2.69. The second kappa shape index (κ2) is 4.77. The van der Waals surface area contributed by atoms with Crippen LogP contribution in [0.1, 0.15) is 26.2 Å². The van der Waals surface area contributed by atoms with Gasteiger partial charge in [0.05, 0.1) is 0 Å². The van der Waals surface area contributed by atoms with Gasteiger partial charge in [0.15, 0.2) is 0 Å². The lowest BCUT2D eigenvalue weighted by atomic mass is 10.0. The van der Waals surface area contributed by atoms with Gasteiger partial charge in [-0.15, -0.1) is 12.4 Å². The number of fused-ring (bicyclic) bond motifs is 5. The van der Waals surface area contributed by atoms with E-state index < -0.39 is 0 Å². The Kier molecular flexibility index (Phi) is 3.69. The first-order valence-corrected chi connectivity index (χ1v) is 6.70. The van der Waals surface area contributed by atoms with Crippen molar-refractivity contribution in [2.24, 2.45) is 41.2 Å². The highest BCUT2D eigenvalue weighted by atomic mass is 35.5. The molecule has 0 spiro atoms. The van der Waals surface area contributed by atoms with Crippen LogP contribution in [0.2, 0.25) is 0 Å². The number of hydrogen-bond acceptors (Lipinski definition) is 2. The Morgan fingerprint density at radius 1 is 1.35 bits per heavy atom. The fraction of sp³-hybridized carbons (Fsp3) is 0.923. The Bertz CT molecular complexity index is 294. The molecule has 98 valence electrons. The van der Waals surface area contributed by atoms with Crippen molar-refractivity contribution in [2.45, 2.75) is 26.2 Å². The van der Waals surface area contributed by atoms with Crippen LogP contribution in [0.5, 0.6) is 0 Å². The molecule has 0 heterocycles. The van der Waals surface area contributed by atoms with Crippen LogP contribution >= 0.6 is 12.4 Å². The molecule has 0 saturated heterocycles. The summed E-state index contributed by atoms with van der Waals surface area (Å²) in [5.41, 5.74) is 5.54. The molecule has 3 nitrogen and oxygen atoms in total. The largest absolute Gasteiger partial charge is 0.356 e. The molecule has 0 aromatic heterocycles. The van der Waals surface area contributed by atoms with Crippen molar-refractivity contribution in [3.8, 4) is 0 Å². The summed E-state index contributed by atoms with van der Waals surface area (Å²) in [4.78, 5) is 12.0. The molecule has 0 aromatic carbocycles. The third kappa shape index (κ3) is 2.08. The van der Waals surface area contributed by atoms with Crippen molar-refractivity contribution in [2.75, 3.05) is 13.1 Å². The number of nitrogens with two attached hydrogens (primary N) is 1. The van der Waals surface area contributed by atoms with Crippen LogP contribution in [0, 0.1) is 35.5 Å². The molecule has 17 heavy (non-hydrogen) atoms. The van der Waals surface area contributed by atoms with Crippen LogP contribution in [-0.4, -0.2) is 19.0 Å². The average molecular weight is 259 g/mol. The average Bonchev–Trinajstić information content (AvgIpc) is 2.74. The SMILES string of the molecule is CC(CN)CNC(=O)C1C2C3CCC(C3)C12.Cl. The second-order valence-corrected chi connectivity index (χ2v) is 6.10. The fourth-order valence-electron chi connectivity index (χ4n) is 4.15. The monoisotopic (exact) mass is 258 g/mol. The van der Waals surface area contributed by atoms with E-state index >= 15 is 0 Å². The summed E-state index contributed by atoms with van der Waals surface area (Å²) in [6.07, 6.45) is 4.18. The Morgan fingerprint density at radius 2 is 1.94 bits per heavy atom. The normalized spacial score (nSPS) is 42.6. The summed E-state index contributed by atoms with van der Waals surface area (Å²) < 4.78 is 0. The van der Waals surface area contributed by atoms with Gasteiger partial charge in [0.2, 0.25) is 5.91 Å². The number of halogens is 1. The lowest BCUT2D eigenvalue weighted by molar-refractivity contribution is -0.123. The zero-order valence-electron chi connectivity index (χ0n) is 10.4. The number of rotatable bonds is 4. The summed E-state index contributed by atoms with van der Waals surface area (Å²) in [6, 6.07) is 0. The molecule has 3 N–H and O–H groups in total. The second-order valence-electron chi connectivity index (χ2n) is 6.10. The minimum atomic E-state index is 0. The maximum Gasteiger partial charge on any atom is 0.223 e. The van der Waals surface area contributed by atoms with Gasteiger partial charge in [-0.1, -0.05) is 6.92 Å². The van der Waals surface area contributed by atoms with Gasteiger partial charge in [0.25, 0.3) is 0 Å². The van der Waals surface area contributed by atoms with Gasteiger partial charge in [0, 0.05) is 12.5 Å². The summed E-state index contributed by atoms with van der Waals surface area (Å²) in [7, 11) is 0. The summed E-state index contributed by atoms with van der Waals surface area (Å²) in [5, 5.41) is 3.07. The molecule has 3 fully saturated rings. The molecule has 5 atom stereocenters. The maximum absolute atomic E-state index is 12.0. The Balaban J connectivity index is 0.00000108. The van der Waals surface area contributed by atoms with Crippen molar-refractivity contribution in [3.63, 3.8) is 0 Å². The van der Waals surface area contributed by atoms with Gasteiger partial charge in [-0.25, -0.2) is 0 Å². The van der Waals surface area contributed by atoms with Crippen LogP contribution in [0.25, 0.3) is 0 Å². The first kappa shape index (κ1) is 13.2. The summed E-state index contributed by atoms with van der Waals surface area (Å²) in [6.45, 7) is 3.49. The van der Waals surface area contributed by atoms with Crippen molar-refractivity contribution in [1.29, 1.82) is 0 Å². The van der Waals surface area contributed by atoms with Crippen LogP contribution in [-0.2, 0) is 4.79 Å². The highest BCUT2D eigenvalue weighted by molar-refractivity contribution is 5.85. The number of hydrogen-bond donors (Lipinski definition) is 2. The van der Waals surface area contributed by atoms with Crippen molar-refractivity contribution >= 4 is 18.3 Å². The van der Waals surface area contributed by atoms with Crippen LogP contribution in [0.15, 0.2) is 0 Å². The van der Waals surface area contributed by atoms with Gasteiger partial charge in [0.1, 0.15) is 0 Å². The number of amides is 1. The third-order valence-corrected chi connectivity index (χ3v) is 5.07. The van der Waals surface area contributed by atoms with Crippen molar-refractivity contribution in [3.05, 3.63) is 0 Å². The van der Waals surface area contributed by atoms with Gasteiger partial charge in [-0.3, -0.25) is 4.79 Å². The van der Waals surface area contributed by atoms with Gasteiger partial charge >= 0.3 is 0 Å². The Morgan fingerprint density at radius 3 is 2.47 bits per heavy atom. The first-order valence-electron chi connectivity index (χ1n) is 6.70. The number of carbonyl (C=O) groups is 1. The van der Waals surface area contributed by atoms with E-state index in [2.05, 4.69) is 12.2 Å². The predicted octanol–water partition coefficient (Wildman–Crippen LogP) is 1.41. The molecule has 3 saturated carbocycles. The minimum absolute atomic E-state index is 0. The molecular formula is C13H23ClN2O. The van der Waals surface area contributed by atoms with E-state index in [4.69, 9.17) is 5.73 Å². The topological polar surface area (TPSA) is 55.1 Å². The van der Waals surface area contributed by atoms with E-state index in [0.29, 0.717) is 24.3 Å².